The van der Waals surface area contributed by atoms with Crippen molar-refractivity contribution in [2.24, 2.45) is 0 Å². The molecule has 3 N–H and O–H groups in total. The van der Waals surface area contributed by atoms with Gasteiger partial charge in [0.25, 0.3) is 0 Å². The summed E-state index contributed by atoms with van der Waals surface area (Å²) in [5, 5.41) is 2.75. The van der Waals surface area contributed by atoms with E-state index in [1.165, 1.54) is 0 Å². The van der Waals surface area contributed by atoms with Crippen molar-refractivity contribution in [2.75, 3.05) is 25.9 Å². The van der Waals surface area contributed by atoms with Crippen molar-refractivity contribution in [1.29, 1.82) is 0 Å². The lowest BCUT2D eigenvalue weighted by Gasteiger charge is -2.16. The van der Waals surface area contributed by atoms with Gasteiger partial charge in [0.15, 0.2) is 0 Å². The molecule has 0 bridgehead atoms. The summed E-state index contributed by atoms with van der Waals surface area (Å²) in [5.74, 6) is 0.540. The maximum atomic E-state index is 11.3. The van der Waals surface area contributed by atoms with Gasteiger partial charge in [0, 0.05) is 24.8 Å². The Bertz CT molecular complexity index is 354. The van der Waals surface area contributed by atoms with Crippen LogP contribution in [0.1, 0.15) is 12.5 Å². The molecule has 0 aliphatic carbocycles. The highest BCUT2D eigenvalue weighted by molar-refractivity contribution is 5.77. The van der Waals surface area contributed by atoms with E-state index in [0.717, 1.165) is 5.56 Å². The van der Waals surface area contributed by atoms with E-state index in [1.807, 2.05) is 31.0 Å². The lowest BCUT2D eigenvalue weighted by molar-refractivity contribution is -0.121. The molecule has 16 heavy (non-hydrogen) atoms. The largest absolute Gasteiger partial charge is 0.383 e. The van der Waals surface area contributed by atoms with Crippen LogP contribution in [-0.2, 0) is 11.3 Å². The van der Waals surface area contributed by atoms with Crippen molar-refractivity contribution in [3.8, 4) is 0 Å². The molecule has 0 unspecified atom stereocenters. The number of likely N-dealkylation sites (N-methyl/N-ethyl adjacent to an activating group) is 2. The Balaban J connectivity index is 2.48. The minimum absolute atomic E-state index is 0.0208. The lowest BCUT2D eigenvalue weighted by atomic mass is 10.2. The number of anilines is 1. The maximum Gasteiger partial charge on any atom is 0.234 e. The normalized spacial score (nSPS) is 10.4. The van der Waals surface area contributed by atoms with Crippen LogP contribution >= 0.6 is 0 Å². The molecule has 0 aliphatic heterocycles. The number of hydrogen-bond donors (Lipinski definition) is 2. The van der Waals surface area contributed by atoms with Crippen LogP contribution < -0.4 is 11.1 Å². The summed E-state index contributed by atoms with van der Waals surface area (Å²) < 4.78 is 0. The molecule has 0 radical (unpaired) electrons. The average Bonchev–Trinajstić information content (AvgIpc) is 2.21. The van der Waals surface area contributed by atoms with Crippen LogP contribution in [0.5, 0.6) is 0 Å². The highest BCUT2D eigenvalue weighted by Gasteiger charge is 2.07. The number of hydrogen-bond acceptors (Lipinski definition) is 4. The SMILES string of the molecule is CCNC(=O)CN(C)Cc1cccnc1N. The number of nitrogens with two attached hydrogens (primary N) is 1. The molecule has 1 amide bonds. The van der Waals surface area contributed by atoms with Crippen LogP contribution in [-0.4, -0.2) is 35.9 Å². The predicted molar refractivity (Wildman–Crippen MR) is 63.7 cm³/mol. The van der Waals surface area contributed by atoms with E-state index in [4.69, 9.17) is 5.73 Å². The van der Waals surface area contributed by atoms with Crippen LogP contribution in [0.2, 0.25) is 0 Å². The Labute approximate surface area is 95.7 Å². The summed E-state index contributed by atoms with van der Waals surface area (Å²) in [7, 11) is 1.88. The van der Waals surface area contributed by atoms with Gasteiger partial charge < -0.3 is 11.1 Å². The average molecular weight is 222 g/mol. The van der Waals surface area contributed by atoms with Gasteiger partial charge in [-0.15, -0.1) is 0 Å². The van der Waals surface area contributed by atoms with Gasteiger partial charge in [-0.25, -0.2) is 4.98 Å². The number of amides is 1. The minimum Gasteiger partial charge on any atom is -0.383 e. The summed E-state index contributed by atoms with van der Waals surface area (Å²) in [5.41, 5.74) is 6.66. The van der Waals surface area contributed by atoms with E-state index in [1.54, 1.807) is 6.20 Å². The van der Waals surface area contributed by atoms with E-state index in [0.29, 0.717) is 25.5 Å². The summed E-state index contributed by atoms with van der Waals surface area (Å²) in [4.78, 5) is 17.2. The van der Waals surface area contributed by atoms with Gasteiger partial charge in [-0.05, 0) is 20.0 Å². The topological polar surface area (TPSA) is 71.2 Å². The Morgan fingerprint density at radius 1 is 1.62 bits per heavy atom. The Hall–Kier alpha value is -1.62. The smallest absolute Gasteiger partial charge is 0.234 e. The Morgan fingerprint density at radius 3 is 3.00 bits per heavy atom. The second kappa shape index (κ2) is 6.07. The van der Waals surface area contributed by atoms with Gasteiger partial charge in [0.05, 0.1) is 6.54 Å². The molecule has 0 saturated heterocycles. The molecule has 5 nitrogen and oxygen atoms in total. The zero-order valence-electron chi connectivity index (χ0n) is 9.73. The molecule has 0 aliphatic rings. The first-order valence-corrected chi connectivity index (χ1v) is 5.28. The van der Waals surface area contributed by atoms with E-state index in [2.05, 4.69) is 10.3 Å². The second-order valence-corrected chi connectivity index (χ2v) is 3.67. The van der Waals surface area contributed by atoms with Crippen LogP contribution in [0.3, 0.4) is 0 Å². The van der Waals surface area contributed by atoms with E-state index < -0.39 is 0 Å². The molecule has 1 heterocycles. The number of nitrogen functional groups attached to an aromatic ring is 1. The van der Waals surface area contributed by atoms with Crippen molar-refractivity contribution < 1.29 is 4.79 Å². The molecule has 1 aromatic rings. The maximum absolute atomic E-state index is 11.3. The minimum atomic E-state index is 0.0208. The third-order valence-electron chi connectivity index (χ3n) is 2.15. The first-order valence-electron chi connectivity index (χ1n) is 5.28. The summed E-state index contributed by atoms with van der Waals surface area (Å²) >= 11 is 0. The quantitative estimate of drug-likeness (QED) is 0.748. The number of pyridine rings is 1. The third kappa shape index (κ3) is 3.86. The summed E-state index contributed by atoms with van der Waals surface area (Å²) in [6.07, 6.45) is 1.66. The molecule has 0 atom stereocenters. The molecule has 0 fully saturated rings. The van der Waals surface area contributed by atoms with E-state index >= 15 is 0 Å². The zero-order valence-corrected chi connectivity index (χ0v) is 9.73. The molecular weight excluding hydrogens is 204 g/mol. The monoisotopic (exact) mass is 222 g/mol. The number of nitrogens with zero attached hydrogens (tertiary/aromatic N) is 2. The number of carbonyl (C=O) groups excluding carboxylic acids is 1. The van der Waals surface area contributed by atoms with Crippen molar-refractivity contribution >= 4 is 11.7 Å². The predicted octanol–water partition coefficient (Wildman–Crippen LogP) is 0.232. The van der Waals surface area contributed by atoms with Crippen LogP contribution in [0.4, 0.5) is 5.82 Å². The van der Waals surface area contributed by atoms with Crippen LogP contribution in [0.25, 0.3) is 0 Å². The van der Waals surface area contributed by atoms with Gasteiger partial charge >= 0.3 is 0 Å². The van der Waals surface area contributed by atoms with Crippen molar-refractivity contribution in [3.05, 3.63) is 23.9 Å². The fourth-order valence-electron chi connectivity index (χ4n) is 1.43. The zero-order chi connectivity index (χ0) is 12.0. The van der Waals surface area contributed by atoms with Crippen LogP contribution in [0, 0.1) is 0 Å². The lowest BCUT2D eigenvalue weighted by Crippen LogP contribution is -2.34. The first kappa shape index (κ1) is 12.4. The van der Waals surface area contributed by atoms with Crippen LogP contribution in [0.15, 0.2) is 18.3 Å². The standard InChI is InChI=1S/C11H18N4O/c1-3-13-10(16)8-15(2)7-9-5-4-6-14-11(9)12/h4-6H,3,7-8H2,1-2H3,(H2,12,14)(H,13,16). The molecule has 5 heteroatoms. The number of aromatic nitrogens is 1. The van der Waals surface area contributed by atoms with Crippen molar-refractivity contribution in [1.82, 2.24) is 15.2 Å². The molecule has 0 aromatic carbocycles. The number of carbonyl (C=O) groups is 1. The number of rotatable bonds is 5. The van der Waals surface area contributed by atoms with Crippen molar-refractivity contribution in [2.45, 2.75) is 13.5 Å². The Morgan fingerprint density at radius 2 is 2.38 bits per heavy atom. The van der Waals surface area contributed by atoms with E-state index in [-0.39, 0.29) is 5.91 Å². The van der Waals surface area contributed by atoms with Gasteiger partial charge in [-0.3, -0.25) is 9.69 Å². The summed E-state index contributed by atoms with van der Waals surface area (Å²) in [6.45, 7) is 3.54. The molecular formula is C11H18N4O. The number of nitrogens with one attached hydrogen (secondary N) is 1. The van der Waals surface area contributed by atoms with Gasteiger partial charge in [0.2, 0.25) is 5.91 Å². The molecule has 0 saturated carbocycles. The highest BCUT2D eigenvalue weighted by atomic mass is 16.1. The van der Waals surface area contributed by atoms with Crippen molar-refractivity contribution in [3.63, 3.8) is 0 Å². The first-order chi connectivity index (χ1) is 7.63. The van der Waals surface area contributed by atoms with Gasteiger partial charge in [-0.2, -0.15) is 0 Å². The molecule has 88 valence electrons. The molecule has 0 spiro atoms. The fraction of sp³-hybridized carbons (Fsp3) is 0.455. The summed E-state index contributed by atoms with van der Waals surface area (Å²) in [6, 6.07) is 3.75. The molecule has 1 aromatic heterocycles. The fourth-order valence-corrected chi connectivity index (χ4v) is 1.43. The van der Waals surface area contributed by atoms with Gasteiger partial charge in [0.1, 0.15) is 5.82 Å². The third-order valence-corrected chi connectivity index (χ3v) is 2.15. The Kier molecular flexibility index (Phi) is 4.72. The highest BCUT2D eigenvalue weighted by Crippen LogP contribution is 2.08. The molecule has 1 rings (SSSR count). The second-order valence-electron chi connectivity index (χ2n) is 3.67. The van der Waals surface area contributed by atoms with E-state index in [9.17, 15) is 4.79 Å². The van der Waals surface area contributed by atoms with Gasteiger partial charge in [-0.1, -0.05) is 6.07 Å².